The highest BCUT2D eigenvalue weighted by Gasteiger charge is 2.45. The molecule has 13 rings (SSSR count). The average molecular weight is 798 g/mol. The number of nitrogens with zero attached hydrogens (tertiary/aromatic N) is 1. The molecule has 0 fully saturated rings. The Morgan fingerprint density at radius 3 is 1.70 bits per heavy atom. The lowest BCUT2D eigenvalue weighted by Crippen LogP contribution is -2.63. The van der Waals surface area contributed by atoms with E-state index in [2.05, 4.69) is 205 Å². The highest BCUT2D eigenvalue weighted by molar-refractivity contribution is 8.01. The van der Waals surface area contributed by atoms with Crippen molar-refractivity contribution >= 4 is 86.8 Å². The molecule has 0 bridgehead atoms. The summed E-state index contributed by atoms with van der Waals surface area (Å²) >= 11 is 3.83. The Labute approximate surface area is 359 Å². The van der Waals surface area contributed by atoms with Gasteiger partial charge in [-0.3, -0.25) is 0 Å². The zero-order valence-electron chi connectivity index (χ0n) is 32.4. The van der Waals surface area contributed by atoms with Gasteiger partial charge in [0, 0.05) is 36.5 Å². The van der Waals surface area contributed by atoms with E-state index in [0.717, 1.165) is 28.4 Å². The molecule has 60 heavy (non-hydrogen) atoms. The SMILES string of the molecule is c1ccc(-c2ccccc2-c2cc3c4c(c2)N(c2ccccc2-c2ccccc2)c2cc5c(cc2B4c2ccccc2O3)B2c3ccccc3Sc3cccc(c32)S5)cc1. The Balaban J connectivity index is 1.12. The third kappa shape index (κ3) is 5.14. The van der Waals surface area contributed by atoms with Crippen LogP contribution in [0.5, 0.6) is 11.5 Å². The first-order valence-corrected chi connectivity index (χ1v) is 22.2. The molecule has 9 aromatic carbocycles. The minimum atomic E-state index is -0.0337. The van der Waals surface area contributed by atoms with Gasteiger partial charge in [-0.05, 0) is 98.2 Å². The molecule has 0 aliphatic carbocycles. The Hall–Kier alpha value is -6.59. The van der Waals surface area contributed by atoms with Crippen molar-refractivity contribution in [3.8, 4) is 44.9 Å². The van der Waals surface area contributed by atoms with Crippen LogP contribution in [0.1, 0.15) is 0 Å². The molecule has 0 atom stereocenters. The topological polar surface area (TPSA) is 12.5 Å². The summed E-state index contributed by atoms with van der Waals surface area (Å²) in [5.74, 6) is 1.82. The second-order valence-electron chi connectivity index (χ2n) is 15.9. The van der Waals surface area contributed by atoms with Gasteiger partial charge in [0.2, 0.25) is 6.71 Å². The smallest absolute Gasteiger partial charge is 0.256 e. The van der Waals surface area contributed by atoms with Gasteiger partial charge in [0.1, 0.15) is 11.5 Å². The van der Waals surface area contributed by atoms with E-state index < -0.39 is 0 Å². The second kappa shape index (κ2) is 13.5. The maximum atomic E-state index is 7.09. The highest BCUT2D eigenvalue weighted by atomic mass is 32.2. The van der Waals surface area contributed by atoms with Crippen LogP contribution >= 0.6 is 23.5 Å². The van der Waals surface area contributed by atoms with E-state index in [9.17, 15) is 0 Å². The summed E-state index contributed by atoms with van der Waals surface area (Å²) in [4.78, 5) is 7.90. The van der Waals surface area contributed by atoms with Gasteiger partial charge in [-0.15, -0.1) is 0 Å². The summed E-state index contributed by atoms with van der Waals surface area (Å²) in [5, 5.41) is 0. The number of hydrogen-bond acceptors (Lipinski definition) is 4. The van der Waals surface area contributed by atoms with Crippen LogP contribution in [-0.2, 0) is 0 Å². The summed E-state index contributed by atoms with van der Waals surface area (Å²) in [6, 6.07) is 73.6. The number of para-hydroxylation sites is 2. The van der Waals surface area contributed by atoms with Crippen molar-refractivity contribution in [3.05, 3.63) is 200 Å². The second-order valence-corrected chi connectivity index (χ2v) is 18.1. The third-order valence-corrected chi connectivity index (χ3v) is 15.0. The Kier molecular flexibility index (Phi) is 7.70. The molecule has 0 saturated heterocycles. The van der Waals surface area contributed by atoms with Gasteiger partial charge in [-0.2, -0.15) is 0 Å². The monoisotopic (exact) mass is 797 g/mol. The fourth-order valence-electron chi connectivity index (χ4n) is 10.1. The lowest BCUT2D eigenvalue weighted by Gasteiger charge is -2.42. The summed E-state index contributed by atoms with van der Waals surface area (Å²) < 4.78 is 7.09. The molecule has 4 heterocycles. The van der Waals surface area contributed by atoms with Crippen molar-refractivity contribution in [2.45, 2.75) is 19.6 Å². The average Bonchev–Trinajstić information content (AvgIpc) is 3.31. The lowest BCUT2D eigenvalue weighted by molar-refractivity contribution is 0.488. The number of ether oxygens (including phenoxy) is 1. The van der Waals surface area contributed by atoms with E-state index in [4.69, 9.17) is 4.74 Å². The van der Waals surface area contributed by atoms with Crippen molar-refractivity contribution in [2.75, 3.05) is 4.90 Å². The molecule has 4 aliphatic rings. The van der Waals surface area contributed by atoms with E-state index >= 15 is 0 Å². The van der Waals surface area contributed by atoms with Crippen molar-refractivity contribution in [1.82, 2.24) is 0 Å². The Morgan fingerprint density at radius 2 is 0.917 bits per heavy atom. The van der Waals surface area contributed by atoms with Crippen LogP contribution in [0.15, 0.2) is 220 Å². The molecule has 0 unspecified atom stereocenters. The molecule has 9 aromatic rings. The van der Waals surface area contributed by atoms with Gasteiger partial charge in [0.25, 0.3) is 6.71 Å². The molecule has 278 valence electrons. The van der Waals surface area contributed by atoms with Crippen molar-refractivity contribution < 1.29 is 4.74 Å². The molecular formula is C54H33B2NOS2. The molecule has 0 amide bonds. The van der Waals surface area contributed by atoms with Crippen LogP contribution < -0.4 is 42.4 Å². The molecule has 0 spiro atoms. The lowest BCUT2D eigenvalue weighted by atomic mass is 9.32. The van der Waals surface area contributed by atoms with Crippen molar-refractivity contribution in [3.63, 3.8) is 0 Å². The van der Waals surface area contributed by atoms with Gasteiger partial charge >= 0.3 is 0 Å². The van der Waals surface area contributed by atoms with Crippen molar-refractivity contribution in [1.29, 1.82) is 0 Å². The van der Waals surface area contributed by atoms with Gasteiger partial charge < -0.3 is 9.64 Å². The summed E-state index contributed by atoms with van der Waals surface area (Å²) in [6.07, 6.45) is 0. The first-order valence-electron chi connectivity index (χ1n) is 20.6. The van der Waals surface area contributed by atoms with Gasteiger partial charge in [-0.1, -0.05) is 186 Å². The van der Waals surface area contributed by atoms with Crippen LogP contribution in [-0.4, -0.2) is 13.4 Å². The first kappa shape index (κ1) is 34.3. The number of fused-ring (bicyclic) bond motifs is 8. The zero-order chi connectivity index (χ0) is 39.3. The maximum absolute atomic E-state index is 7.09. The predicted molar refractivity (Wildman–Crippen MR) is 254 cm³/mol. The first-order chi connectivity index (χ1) is 29.8. The minimum absolute atomic E-state index is 0.0337. The minimum Gasteiger partial charge on any atom is -0.458 e. The Morgan fingerprint density at radius 1 is 0.333 bits per heavy atom. The zero-order valence-corrected chi connectivity index (χ0v) is 34.0. The van der Waals surface area contributed by atoms with E-state index in [1.807, 2.05) is 23.5 Å². The number of anilines is 3. The summed E-state index contributed by atoms with van der Waals surface area (Å²) in [5.41, 5.74) is 18.4. The molecule has 0 radical (unpaired) electrons. The maximum Gasteiger partial charge on any atom is 0.256 e. The highest BCUT2D eigenvalue weighted by Crippen LogP contribution is 2.48. The van der Waals surface area contributed by atoms with Crippen molar-refractivity contribution in [2.24, 2.45) is 0 Å². The Bertz CT molecular complexity index is 3220. The van der Waals surface area contributed by atoms with Gasteiger partial charge in [0.05, 0.1) is 5.69 Å². The number of benzene rings is 9. The normalized spacial score (nSPS) is 13.6. The number of hydrogen-bond donors (Lipinski definition) is 0. The van der Waals surface area contributed by atoms with E-state index in [1.54, 1.807) is 0 Å². The summed E-state index contributed by atoms with van der Waals surface area (Å²) in [7, 11) is 0. The van der Waals surface area contributed by atoms with Gasteiger partial charge in [0.15, 0.2) is 0 Å². The molecule has 0 aromatic heterocycles. The molecule has 4 aliphatic heterocycles. The largest absolute Gasteiger partial charge is 0.458 e. The molecule has 6 heteroatoms. The van der Waals surface area contributed by atoms with Crippen LogP contribution in [0.2, 0.25) is 0 Å². The number of rotatable bonds is 4. The summed E-state index contributed by atoms with van der Waals surface area (Å²) in [6.45, 7) is 0.113. The van der Waals surface area contributed by atoms with Crippen LogP contribution in [0.3, 0.4) is 0 Å². The van der Waals surface area contributed by atoms with E-state index in [-0.39, 0.29) is 13.4 Å². The van der Waals surface area contributed by atoms with Crippen LogP contribution in [0.25, 0.3) is 33.4 Å². The standard InChI is InChI=1S/C54H33B2NOS2/c1-3-16-34(17-4-1)37-20-7-8-21-38(37)36-30-46-53-48(31-36)58-47-26-13-10-23-40(47)55(53)42-32-43-52(33-45(42)57(46)44-25-12-9-22-39(44)35-18-5-2-6-19-35)60-51-29-15-28-50-54(51)56(43)41-24-11-14-27-49(41)59-50/h1-33H. The fraction of sp³-hybridized carbons (Fsp3) is 0. The molecule has 0 N–H and O–H groups in total. The van der Waals surface area contributed by atoms with E-state index in [0.29, 0.717) is 0 Å². The van der Waals surface area contributed by atoms with Crippen LogP contribution in [0, 0.1) is 0 Å². The van der Waals surface area contributed by atoms with Gasteiger partial charge in [-0.25, -0.2) is 0 Å². The van der Waals surface area contributed by atoms with Crippen LogP contribution in [0.4, 0.5) is 17.1 Å². The predicted octanol–water partition coefficient (Wildman–Crippen LogP) is 10.5. The quantitative estimate of drug-likeness (QED) is 0.164. The molecule has 0 saturated carbocycles. The fourth-order valence-corrected chi connectivity index (χ4v) is 12.5. The molecule has 2 nitrogen and oxygen atoms in total. The molecular weight excluding hydrogens is 764 g/mol. The third-order valence-electron chi connectivity index (χ3n) is 12.7. The van der Waals surface area contributed by atoms with E-state index in [1.165, 1.54) is 85.9 Å².